The SMILES string of the molecule is CCNC(=NCc1ccccc1CN1CCOCC1)NCCn1cccn1.I. The summed E-state index contributed by atoms with van der Waals surface area (Å²) in [5, 5.41) is 10.9. The number of hydrogen-bond acceptors (Lipinski definition) is 4. The maximum atomic E-state index is 5.45. The summed E-state index contributed by atoms with van der Waals surface area (Å²) in [5.41, 5.74) is 2.61. The second kappa shape index (κ2) is 12.7. The first kappa shape index (κ1) is 22.6. The van der Waals surface area contributed by atoms with Crippen LogP contribution in [0.15, 0.2) is 47.7 Å². The molecular weight excluding hydrogens is 467 g/mol. The van der Waals surface area contributed by atoms with Crippen molar-refractivity contribution in [3.63, 3.8) is 0 Å². The van der Waals surface area contributed by atoms with Crippen molar-refractivity contribution < 1.29 is 4.74 Å². The minimum Gasteiger partial charge on any atom is -0.379 e. The van der Waals surface area contributed by atoms with Gasteiger partial charge in [-0.25, -0.2) is 4.99 Å². The normalized spacial score (nSPS) is 15.1. The third-order valence-electron chi connectivity index (χ3n) is 4.56. The molecule has 2 heterocycles. The Morgan fingerprint density at radius 2 is 1.93 bits per heavy atom. The Kier molecular flexibility index (Phi) is 10.3. The molecule has 2 aromatic rings. The lowest BCUT2D eigenvalue weighted by Crippen LogP contribution is -2.39. The van der Waals surface area contributed by atoms with Crippen LogP contribution in [0.4, 0.5) is 0 Å². The number of nitrogens with one attached hydrogen (secondary N) is 2. The van der Waals surface area contributed by atoms with Crippen LogP contribution in [-0.4, -0.2) is 60.0 Å². The maximum Gasteiger partial charge on any atom is 0.191 e. The zero-order chi connectivity index (χ0) is 18.7. The molecule has 1 aromatic carbocycles. The summed E-state index contributed by atoms with van der Waals surface area (Å²) in [6.45, 7) is 9.77. The van der Waals surface area contributed by atoms with Gasteiger partial charge in [-0.3, -0.25) is 9.58 Å². The Balaban J connectivity index is 0.00000280. The van der Waals surface area contributed by atoms with E-state index in [-0.39, 0.29) is 24.0 Å². The van der Waals surface area contributed by atoms with Crippen molar-refractivity contribution >= 4 is 29.9 Å². The Hall–Kier alpha value is -1.65. The van der Waals surface area contributed by atoms with E-state index in [0.29, 0.717) is 6.54 Å². The van der Waals surface area contributed by atoms with E-state index in [2.05, 4.69) is 51.8 Å². The van der Waals surface area contributed by atoms with Gasteiger partial charge in [-0.15, -0.1) is 24.0 Å². The van der Waals surface area contributed by atoms with Gasteiger partial charge >= 0.3 is 0 Å². The molecule has 0 unspecified atom stereocenters. The lowest BCUT2D eigenvalue weighted by molar-refractivity contribution is 0.0341. The Morgan fingerprint density at radius 1 is 1.14 bits per heavy atom. The number of guanidine groups is 1. The molecule has 0 amide bonds. The molecule has 0 bridgehead atoms. The number of benzene rings is 1. The van der Waals surface area contributed by atoms with Gasteiger partial charge in [0.05, 0.1) is 26.3 Å². The highest BCUT2D eigenvalue weighted by Gasteiger charge is 2.12. The van der Waals surface area contributed by atoms with Gasteiger partial charge in [0.25, 0.3) is 0 Å². The molecule has 8 heteroatoms. The van der Waals surface area contributed by atoms with E-state index in [0.717, 1.165) is 58.4 Å². The van der Waals surface area contributed by atoms with Crippen LogP contribution in [0.3, 0.4) is 0 Å². The number of hydrogen-bond donors (Lipinski definition) is 2. The summed E-state index contributed by atoms with van der Waals surface area (Å²) in [5.74, 6) is 0.839. The van der Waals surface area contributed by atoms with Gasteiger partial charge in [-0.1, -0.05) is 24.3 Å². The molecule has 0 aliphatic carbocycles. The number of nitrogens with zero attached hydrogens (tertiary/aromatic N) is 4. The molecule has 2 N–H and O–H groups in total. The van der Waals surface area contributed by atoms with Crippen molar-refractivity contribution in [2.75, 3.05) is 39.4 Å². The highest BCUT2D eigenvalue weighted by atomic mass is 127. The monoisotopic (exact) mass is 498 g/mol. The highest BCUT2D eigenvalue weighted by Crippen LogP contribution is 2.14. The van der Waals surface area contributed by atoms with Crippen LogP contribution in [0, 0.1) is 0 Å². The molecule has 154 valence electrons. The van der Waals surface area contributed by atoms with Crippen molar-refractivity contribution in [1.82, 2.24) is 25.3 Å². The summed E-state index contributed by atoms with van der Waals surface area (Å²) in [4.78, 5) is 7.22. The summed E-state index contributed by atoms with van der Waals surface area (Å²) in [6.07, 6.45) is 3.76. The molecule has 28 heavy (non-hydrogen) atoms. The van der Waals surface area contributed by atoms with Crippen LogP contribution in [0.2, 0.25) is 0 Å². The number of rotatable bonds is 8. The molecule has 1 aliphatic rings. The summed E-state index contributed by atoms with van der Waals surface area (Å²) < 4.78 is 7.36. The van der Waals surface area contributed by atoms with Gasteiger partial charge in [0.15, 0.2) is 5.96 Å². The van der Waals surface area contributed by atoms with Crippen LogP contribution in [0.25, 0.3) is 0 Å². The lowest BCUT2D eigenvalue weighted by atomic mass is 10.1. The maximum absolute atomic E-state index is 5.45. The molecule has 1 fully saturated rings. The van der Waals surface area contributed by atoms with Crippen LogP contribution >= 0.6 is 24.0 Å². The number of ether oxygens (including phenoxy) is 1. The van der Waals surface area contributed by atoms with Gasteiger partial charge < -0.3 is 15.4 Å². The fourth-order valence-electron chi connectivity index (χ4n) is 3.09. The number of halogens is 1. The van der Waals surface area contributed by atoms with E-state index in [1.54, 1.807) is 6.20 Å². The minimum absolute atomic E-state index is 0. The molecule has 0 atom stereocenters. The van der Waals surface area contributed by atoms with Crippen molar-refractivity contribution in [2.45, 2.75) is 26.6 Å². The van der Waals surface area contributed by atoms with E-state index in [1.165, 1.54) is 11.1 Å². The molecule has 1 aliphatic heterocycles. The van der Waals surface area contributed by atoms with Crippen molar-refractivity contribution in [1.29, 1.82) is 0 Å². The summed E-state index contributed by atoms with van der Waals surface area (Å²) in [6, 6.07) is 10.5. The van der Waals surface area contributed by atoms with Crippen LogP contribution in [0.1, 0.15) is 18.1 Å². The molecule has 0 saturated carbocycles. The molecular formula is C20H31IN6O. The van der Waals surface area contributed by atoms with E-state index in [9.17, 15) is 0 Å². The number of aromatic nitrogens is 2. The number of morpholine rings is 1. The largest absolute Gasteiger partial charge is 0.379 e. The van der Waals surface area contributed by atoms with Gasteiger partial charge in [-0.05, 0) is 24.1 Å². The topological polar surface area (TPSA) is 66.7 Å². The highest BCUT2D eigenvalue weighted by molar-refractivity contribution is 14.0. The Labute approximate surface area is 184 Å². The van der Waals surface area contributed by atoms with Crippen LogP contribution in [0.5, 0.6) is 0 Å². The Morgan fingerprint density at radius 3 is 2.64 bits per heavy atom. The standard InChI is InChI=1S/C20H30N6O.HI/c1-2-21-20(22-9-11-26-10-5-8-24-26)23-16-18-6-3-4-7-19(18)17-25-12-14-27-15-13-25;/h3-8,10H,2,9,11-17H2,1H3,(H2,21,22,23);1H. The third-order valence-corrected chi connectivity index (χ3v) is 4.56. The first-order valence-corrected chi connectivity index (χ1v) is 9.71. The van der Waals surface area contributed by atoms with E-state index in [1.807, 2.05) is 16.9 Å². The first-order valence-electron chi connectivity index (χ1n) is 9.71. The molecule has 1 aromatic heterocycles. The fourth-order valence-corrected chi connectivity index (χ4v) is 3.09. The quantitative estimate of drug-likeness (QED) is 0.332. The fraction of sp³-hybridized carbons (Fsp3) is 0.500. The Bertz CT molecular complexity index is 700. The number of aliphatic imine (C=N–C) groups is 1. The van der Waals surface area contributed by atoms with Crippen molar-refractivity contribution in [2.24, 2.45) is 4.99 Å². The van der Waals surface area contributed by atoms with Crippen LogP contribution < -0.4 is 10.6 Å². The molecule has 0 radical (unpaired) electrons. The van der Waals surface area contributed by atoms with Gasteiger partial charge in [0.1, 0.15) is 0 Å². The molecule has 3 rings (SSSR count). The second-order valence-electron chi connectivity index (χ2n) is 6.55. The van der Waals surface area contributed by atoms with E-state index < -0.39 is 0 Å². The van der Waals surface area contributed by atoms with Crippen LogP contribution in [-0.2, 0) is 24.4 Å². The third kappa shape index (κ3) is 7.40. The van der Waals surface area contributed by atoms with Gasteiger partial charge in [-0.2, -0.15) is 5.10 Å². The molecule has 0 spiro atoms. The van der Waals surface area contributed by atoms with Gasteiger partial charge in [0.2, 0.25) is 0 Å². The zero-order valence-electron chi connectivity index (χ0n) is 16.5. The zero-order valence-corrected chi connectivity index (χ0v) is 18.8. The second-order valence-corrected chi connectivity index (χ2v) is 6.55. The predicted molar refractivity (Wildman–Crippen MR) is 123 cm³/mol. The van der Waals surface area contributed by atoms with Crippen molar-refractivity contribution in [3.05, 3.63) is 53.9 Å². The molecule has 7 nitrogen and oxygen atoms in total. The van der Waals surface area contributed by atoms with Crippen molar-refractivity contribution in [3.8, 4) is 0 Å². The average molecular weight is 498 g/mol. The summed E-state index contributed by atoms with van der Waals surface area (Å²) >= 11 is 0. The van der Waals surface area contributed by atoms with E-state index in [4.69, 9.17) is 9.73 Å². The minimum atomic E-state index is 0. The summed E-state index contributed by atoms with van der Waals surface area (Å²) in [7, 11) is 0. The molecule has 1 saturated heterocycles. The lowest BCUT2D eigenvalue weighted by Gasteiger charge is -2.27. The smallest absolute Gasteiger partial charge is 0.191 e. The average Bonchev–Trinajstić information content (AvgIpc) is 3.21. The first-order chi connectivity index (χ1) is 13.3. The van der Waals surface area contributed by atoms with E-state index >= 15 is 0 Å². The van der Waals surface area contributed by atoms with Gasteiger partial charge in [0, 0.05) is 45.1 Å². The predicted octanol–water partition coefficient (Wildman–Crippen LogP) is 2.09.